The first-order valence-electron chi connectivity index (χ1n) is 7.19. The van der Waals surface area contributed by atoms with Crippen LogP contribution in [0.25, 0.3) is 10.2 Å². The number of thioether (sulfide) groups is 2. The predicted molar refractivity (Wildman–Crippen MR) is 102 cm³/mol. The molecule has 6 heteroatoms. The van der Waals surface area contributed by atoms with E-state index in [0.717, 1.165) is 30.9 Å². The summed E-state index contributed by atoms with van der Waals surface area (Å²) in [4.78, 5) is 18.1. The number of rotatable bonds is 5. The van der Waals surface area contributed by atoms with Gasteiger partial charge in [0.05, 0.1) is 15.8 Å². The molecule has 0 aliphatic carbocycles. The summed E-state index contributed by atoms with van der Waals surface area (Å²) >= 11 is 4.96. The molecule has 0 bridgehead atoms. The number of nitrogens with zero attached hydrogens (tertiary/aromatic N) is 1. The Balaban J connectivity index is 1.85. The number of nitrogens with one attached hydrogen (secondary N) is 1. The molecule has 0 aliphatic rings. The monoisotopic (exact) mass is 360 g/mol. The van der Waals surface area contributed by atoms with E-state index in [-0.39, 0.29) is 5.91 Å². The highest BCUT2D eigenvalue weighted by Gasteiger charge is 2.12. The van der Waals surface area contributed by atoms with E-state index in [0.29, 0.717) is 5.56 Å². The Morgan fingerprint density at radius 3 is 2.87 bits per heavy atom. The summed E-state index contributed by atoms with van der Waals surface area (Å²) in [5, 5.41) is 3.00. The molecular weight excluding hydrogens is 344 g/mol. The average molecular weight is 361 g/mol. The number of anilines is 1. The van der Waals surface area contributed by atoms with Crippen LogP contribution in [0.3, 0.4) is 0 Å². The van der Waals surface area contributed by atoms with Gasteiger partial charge in [-0.2, -0.15) is 0 Å². The molecule has 0 atom stereocenters. The smallest absolute Gasteiger partial charge is 0.256 e. The molecule has 2 aromatic carbocycles. The average Bonchev–Trinajstić information content (AvgIpc) is 2.98. The van der Waals surface area contributed by atoms with Gasteiger partial charge in [-0.15, -0.1) is 23.1 Å². The Labute approximate surface area is 147 Å². The molecule has 1 N–H and O–H groups in total. The van der Waals surface area contributed by atoms with Crippen molar-refractivity contribution in [1.29, 1.82) is 0 Å². The van der Waals surface area contributed by atoms with Crippen LogP contribution in [0.15, 0.2) is 51.7 Å². The molecule has 0 spiro atoms. The molecule has 0 saturated carbocycles. The molecule has 1 heterocycles. The number of amides is 1. The maximum Gasteiger partial charge on any atom is 0.256 e. The van der Waals surface area contributed by atoms with E-state index in [1.54, 1.807) is 34.9 Å². The molecule has 3 nitrogen and oxygen atoms in total. The maximum absolute atomic E-state index is 12.6. The van der Waals surface area contributed by atoms with Crippen LogP contribution in [-0.2, 0) is 0 Å². The maximum atomic E-state index is 12.6. The minimum atomic E-state index is -0.0736. The Morgan fingerprint density at radius 1 is 1.26 bits per heavy atom. The number of carbonyl (C=O) groups is 1. The molecule has 3 rings (SSSR count). The van der Waals surface area contributed by atoms with Crippen LogP contribution >= 0.6 is 34.9 Å². The predicted octanol–water partition coefficient (Wildman–Crippen LogP) is 5.38. The van der Waals surface area contributed by atoms with Crippen molar-refractivity contribution in [3.05, 3.63) is 48.0 Å². The lowest BCUT2D eigenvalue weighted by molar-refractivity contribution is 0.102. The van der Waals surface area contributed by atoms with E-state index in [4.69, 9.17) is 0 Å². The van der Waals surface area contributed by atoms with Crippen LogP contribution in [0.1, 0.15) is 17.3 Å². The van der Waals surface area contributed by atoms with Crippen LogP contribution in [0.2, 0.25) is 0 Å². The summed E-state index contributed by atoms with van der Waals surface area (Å²) in [7, 11) is 0. The van der Waals surface area contributed by atoms with Crippen molar-refractivity contribution < 1.29 is 4.79 Å². The number of thiazole rings is 1. The van der Waals surface area contributed by atoms with E-state index < -0.39 is 0 Å². The highest BCUT2D eigenvalue weighted by Crippen LogP contribution is 2.30. The molecule has 0 radical (unpaired) electrons. The topological polar surface area (TPSA) is 42.0 Å². The van der Waals surface area contributed by atoms with Crippen molar-refractivity contribution in [3.63, 3.8) is 0 Å². The van der Waals surface area contributed by atoms with Crippen molar-refractivity contribution in [2.24, 2.45) is 0 Å². The highest BCUT2D eigenvalue weighted by atomic mass is 32.2. The van der Waals surface area contributed by atoms with Crippen molar-refractivity contribution >= 4 is 56.7 Å². The minimum absolute atomic E-state index is 0.0736. The van der Waals surface area contributed by atoms with Crippen LogP contribution < -0.4 is 5.32 Å². The fraction of sp³-hybridized carbons (Fsp3) is 0.176. The molecule has 1 aromatic heterocycles. The summed E-state index contributed by atoms with van der Waals surface area (Å²) in [6.45, 7) is 2.08. The zero-order valence-corrected chi connectivity index (χ0v) is 15.3. The minimum Gasteiger partial charge on any atom is -0.322 e. The first-order valence-corrected chi connectivity index (χ1v) is 10.2. The second-order valence-electron chi connectivity index (χ2n) is 4.75. The third-order valence-electron chi connectivity index (χ3n) is 3.23. The Hall–Kier alpha value is -1.50. The Bertz CT molecular complexity index is 845. The summed E-state index contributed by atoms with van der Waals surface area (Å²) in [6.07, 6.45) is 2.02. The number of carbonyl (C=O) groups excluding carboxylic acids is 1. The van der Waals surface area contributed by atoms with E-state index in [2.05, 4.69) is 17.2 Å². The van der Waals surface area contributed by atoms with Gasteiger partial charge in [0.15, 0.2) is 4.34 Å². The van der Waals surface area contributed by atoms with Crippen LogP contribution in [-0.4, -0.2) is 22.9 Å². The van der Waals surface area contributed by atoms with Gasteiger partial charge in [-0.3, -0.25) is 4.79 Å². The highest BCUT2D eigenvalue weighted by molar-refractivity contribution is 8.00. The number of hydrogen-bond donors (Lipinski definition) is 1. The van der Waals surface area contributed by atoms with Crippen LogP contribution in [0.5, 0.6) is 0 Å². The molecule has 0 unspecified atom stereocenters. The number of fused-ring (bicyclic) bond motifs is 1. The summed E-state index contributed by atoms with van der Waals surface area (Å²) in [5.41, 5.74) is 2.49. The van der Waals surface area contributed by atoms with Crippen molar-refractivity contribution in [2.75, 3.05) is 17.3 Å². The lowest BCUT2D eigenvalue weighted by atomic mass is 10.2. The molecule has 0 fully saturated rings. The molecule has 3 aromatic rings. The Morgan fingerprint density at radius 2 is 2.09 bits per heavy atom. The zero-order chi connectivity index (χ0) is 16.2. The van der Waals surface area contributed by atoms with Gasteiger partial charge >= 0.3 is 0 Å². The fourth-order valence-corrected chi connectivity index (χ4v) is 4.53. The molecular formula is C17H16N2OS3. The second-order valence-corrected chi connectivity index (χ2v) is 8.14. The van der Waals surface area contributed by atoms with Gasteiger partial charge < -0.3 is 5.32 Å². The van der Waals surface area contributed by atoms with E-state index >= 15 is 0 Å². The second kappa shape index (κ2) is 7.38. The first kappa shape index (κ1) is 16.4. The van der Waals surface area contributed by atoms with Gasteiger partial charge in [0.1, 0.15) is 0 Å². The van der Waals surface area contributed by atoms with Gasteiger partial charge in [0.2, 0.25) is 0 Å². The SMILES string of the molecule is CCSc1ccccc1C(=O)Nc1ccc2nc(SC)sc2c1. The van der Waals surface area contributed by atoms with Crippen LogP contribution in [0.4, 0.5) is 5.69 Å². The lowest BCUT2D eigenvalue weighted by Crippen LogP contribution is -2.12. The van der Waals surface area contributed by atoms with Gasteiger partial charge in [0, 0.05) is 10.6 Å². The van der Waals surface area contributed by atoms with Gasteiger partial charge in [-0.05, 0) is 42.3 Å². The fourth-order valence-electron chi connectivity index (χ4n) is 2.20. The van der Waals surface area contributed by atoms with Crippen LogP contribution in [0, 0.1) is 0 Å². The van der Waals surface area contributed by atoms with Gasteiger partial charge in [0.25, 0.3) is 5.91 Å². The molecule has 0 saturated heterocycles. The third kappa shape index (κ3) is 3.71. The van der Waals surface area contributed by atoms with Crippen molar-refractivity contribution in [3.8, 4) is 0 Å². The van der Waals surface area contributed by atoms with E-state index in [1.165, 1.54) is 0 Å². The van der Waals surface area contributed by atoms with E-state index in [1.807, 2.05) is 48.7 Å². The zero-order valence-electron chi connectivity index (χ0n) is 12.8. The van der Waals surface area contributed by atoms with E-state index in [9.17, 15) is 4.79 Å². The molecule has 1 amide bonds. The number of benzene rings is 2. The van der Waals surface area contributed by atoms with Crippen molar-refractivity contribution in [2.45, 2.75) is 16.2 Å². The van der Waals surface area contributed by atoms with Crippen molar-refractivity contribution in [1.82, 2.24) is 4.98 Å². The van der Waals surface area contributed by atoms with Gasteiger partial charge in [-0.25, -0.2) is 4.98 Å². The number of hydrogen-bond acceptors (Lipinski definition) is 5. The number of aromatic nitrogens is 1. The first-order chi connectivity index (χ1) is 11.2. The quantitative estimate of drug-likeness (QED) is 0.620. The van der Waals surface area contributed by atoms with Gasteiger partial charge in [-0.1, -0.05) is 30.8 Å². The summed E-state index contributed by atoms with van der Waals surface area (Å²) in [5.74, 6) is 0.865. The molecule has 0 aliphatic heterocycles. The third-order valence-corrected chi connectivity index (χ3v) is 6.19. The molecule has 23 heavy (non-hydrogen) atoms. The summed E-state index contributed by atoms with van der Waals surface area (Å²) < 4.78 is 2.12. The lowest BCUT2D eigenvalue weighted by Gasteiger charge is -2.09. The Kier molecular flexibility index (Phi) is 5.25. The normalized spacial score (nSPS) is 10.9. The summed E-state index contributed by atoms with van der Waals surface area (Å²) in [6, 6.07) is 13.5. The molecule has 118 valence electrons. The largest absolute Gasteiger partial charge is 0.322 e. The standard InChI is InChI=1S/C17H16N2OS3/c1-3-22-14-7-5-4-6-12(14)16(20)18-11-8-9-13-15(10-11)23-17(19-13)21-2/h4-10H,3H2,1-2H3,(H,18,20).